The van der Waals surface area contributed by atoms with Crippen LogP contribution in [0.5, 0.6) is 5.88 Å². The molecule has 0 spiro atoms. The van der Waals surface area contributed by atoms with Crippen molar-refractivity contribution in [1.29, 1.82) is 0 Å². The monoisotopic (exact) mass is 513 g/mol. The molecule has 2 N–H and O–H groups in total. The van der Waals surface area contributed by atoms with E-state index in [0.717, 1.165) is 12.8 Å². The molecule has 4 rings (SSSR count). The highest BCUT2D eigenvalue weighted by Gasteiger charge is 2.36. The van der Waals surface area contributed by atoms with Gasteiger partial charge in [0.05, 0.1) is 19.2 Å². The Kier molecular flexibility index (Phi) is 8.73. The molecule has 37 heavy (non-hydrogen) atoms. The molecule has 2 amide bonds. The van der Waals surface area contributed by atoms with E-state index in [1.165, 1.54) is 0 Å². The molecular formula is C28H39N3O6. The lowest BCUT2D eigenvalue weighted by Gasteiger charge is -2.38. The number of aliphatic hydroxyl groups excluding tert-OH is 1. The van der Waals surface area contributed by atoms with E-state index in [0.29, 0.717) is 57.6 Å². The number of carbonyl (C=O) groups excluding carboxylic acids is 2. The minimum Gasteiger partial charge on any atom is -0.472 e. The van der Waals surface area contributed by atoms with Crippen LogP contribution in [0, 0.1) is 23.7 Å². The number of hydrogen-bond acceptors (Lipinski definition) is 7. The first-order valence-corrected chi connectivity index (χ1v) is 13.4. The van der Waals surface area contributed by atoms with Gasteiger partial charge in [-0.2, -0.15) is 0 Å². The summed E-state index contributed by atoms with van der Waals surface area (Å²) < 4.78 is 11.7. The molecule has 3 aliphatic rings. The van der Waals surface area contributed by atoms with Crippen LogP contribution in [0.15, 0.2) is 12.3 Å². The minimum atomic E-state index is -0.996. The molecule has 2 aliphatic heterocycles. The summed E-state index contributed by atoms with van der Waals surface area (Å²) in [7, 11) is 1.78. The molecule has 2 fully saturated rings. The Morgan fingerprint density at radius 3 is 2.70 bits per heavy atom. The quantitative estimate of drug-likeness (QED) is 0.578. The molecule has 1 saturated heterocycles. The lowest BCUT2D eigenvalue weighted by molar-refractivity contribution is -0.138. The van der Waals surface area contributed by atoms with Crippen molar-refractivity contribution < 1.29 is 29.3 Å². The molecule has 9 nitrogen and oxygen atoms in total. The van der Waals surface area contributed by atoms with Gasteiger partial charge < -0.3 is 29.5 Å². The van der Waals surface area contributed by atoms with E-state index < -0.39 is 17.7 Å². The first-order valence-electron chi connectivity index (χ1n) is 13.4. The van der Waals surface area contributed by atoms with E-state index in [2.05, 4.69) is 16.8 Å². The van der Waals surface area contributed by atoms with Crippen LogP contribution < -0.4 is 4.74 Å². The Bertz CT molecular complexity index is 1040. The lowest BCUT2D eigenvalue weighted by atomic mass is 9.97. The predicted molar refractivity (Wildman–Crippen MR) is 137 cm³/mol. The number of pyridine rings is 1. The second-order valence-electron chi connectivity index (χ2n) is 10.8. The summed E-state index contributed by atoms with van der Waals surface area (Å²) in [5, 5.41) is 20.5. The zero-order chi connectivity index (χ0) is 26.6. The standard InChI is InChI=1S/C28H39N3O6/c1-19-16-31(20(2)18-32)27(34)23-14-21(6-11-28(35)9-4-5-10-28)15-29-25(23)37-24(19)17-30(3)26(33)22-7-12-36-13-8-22/h14-15,19-20,22,24,32,35H,4-5,7-10,12-13,16-18H2,1-3H3/t19-,20+,24-/m1/s1. The van der Waals surface area contributed by atoms with Crippen molar-refractivity contribution in [3.63, 3.8) is 0 Å². The van der Waals surface area contributed by atoms with Gasteiger partial charge in [-0.05, 0) is 51.5 Å². The predicted octanol–water partition coefficient (Wildman–Crippen LogP) is 1.84. The van der Waals surface area contributed by atoms with E-state index in [1.807, 2.05) is 6.92 Å². The SMILES string of the molecule is C[C@@H]1CN([C@@H](C)CO)C(=O)c2cc(C#CC3(O)CCCC3)cnc2O[C@@H]1CN(C)C(=O)C1CCOCC1. The Labute approximate surface area is 219 Å². The average molecular weight is 514 g/mol. The summed E-state index contributed by atoms with van der Waals surface area (Å²) in [6.45, 7) is 5.50. The first kappa shape index (κ1) is 27.4. The Morgan fingerprint density at radius 2 is 2.03 bits per heavy atom. The molecule has 0 radical (unpaired) electrons. The van der Waals surface area contributed by atoms with Gasteiger partial charge in [-0.15, -0.1) is 0 Å². The van der Waals surface area contributed by atoms with Crippen molar-refractivity contribution in [1.82, 2.24) is 14.8 Å². The van der Waals surface area contributed by atoms with Crippen LogP contribution in [-0.4, -0.2) is 94.5 Å². The number of hydrogen-bond donors (Lipinski definition) is 2. The van der Waals surface area contributed by atoms with Gasteiger partial charge in [0.25, 0.3) is 5.91 Å². The van der Waals surface area contributed by atoms with Crippen molar-refractivity contribution >= 4 is 11.8 Å². The topological polar surface area (TPSA) is 112 Å². The second kappa shape index (κ2) is 11.8. The molecule has 202 valence electrons. The van der Waals surface area contributed by atoms with E-state index in [9.17, 15) is 19.8 Å². The van der Waals surface area contributed by atoms with E-state index >= 15 is 0 Å². The van der Waals surface area contributed by atoms with E-state index in [4.69, 9.17) is 9.47 Å². The number of nitrogens with zero attached hydrogens (tertiary/aromatic N) is 3. The van der Waals surface area contributed by atoms with Crippen molar-refractivity contribution in [3.05, 3.63) is 23.4 Å². The minimum absolute atomic E-state index is 0.0590. The van der Waals surface area contributed by atoms with Crippen molar-refractivity contribution in [2.24, 2.45) is 11.8 Å². The molecule has 3 heterocycles. The van der Waals surface area contributed by atoms with Crippen molar-refractivity contribution in [2.45, 2.75) is 70.1 Å². The largest absolute Gasteiger partial charge is 0.472 e. The summed E-state index contributed by atoms with van der Waals surface area (Å²) in [6, 6.07) is 1.24. The molecule has 1 saturated carbocycles. The second-order valence-corrected chi connectivity index (χ2v) is 10.8. The summed E-state index contributed by atoms with van der Waals surface area (Å²) in [6.07, 6.45) is 5.74. The summed E-state index contributed by atoms with van der Waals surface area (Å²) in [5.74, 6) is 5.75. The van der Waals surface area contributed by atoms with Gasteiger partial charge in [0.1, 0.15) is 17.3 Å². The third-order valence-corrected chi connectivity index (χ3v) is 7.79. The van der Waals surface area contributed by atoms with E-state index in [-0.39, 0.29) is 41.7 Å². The van der Waals surface area contributed by atoms with Gasteiger partial charge in [0.15, 0.2) is 0 Å². The molecule has 0 unspecified atom stereocenters. The number of likely N-dealkylation sites (N-methyl/N-ethyl adjacent to an activating group) is 1. The maximum Gasteiger partial charge on any atom is 0.259 e. The Balaban J connectivity index is 1.61. The molecule has 3 atom stereocenters. The van der Waals surface area contributed by atoms with E-state index in [1.54, 1.807) is 36.0 Å². The van der Waals surface area contributed by atoms with Gasteiger partial charge in [-0.3, -0.25) is 9.59 Å². The molecule has 1 aromatic rings. The highest BCUT2D eigenvalue weighted by Crippen LogP contribution is 2.30. The van der Waals surface area contributed by atoms with Crippen molar-refractivity contribution in [2.75, 3.05) is 40.0 Å². The molecule has 1 aliphatic carbocycles. The van der Waals surface area contributed by atoms with Gasteiger partial charge in [-0.1, -0.05) is 18.8 Å². The third-order valence-electron chi connectivity index (χ3n) is 7.79. The summed E-state index contributed by atoms with van der Waals surface area (Å²) in [5.41, 5.74) is -0.213. The zero-order valence-electron chi connectivity index (χ0n) is 22.1. The average Bonchev–Trinajstić information content (AvgIpc) is 3.35. The molecule has 1 aromatic heterocycles. The molecular weight excluding hydrogens is 474 g/mol. The normalized spacial score (nSPS) is 24.7. The smallest absolute Gasteiger partial charge is 0.259 e. The summed E-state index contributed by atoms with van der Waals surface area (Å²) >= 11 is 0. The maximum atomic E-state index is 13.6. The Morgan fingerprint density at radius 1 is 1.32 bits per heavy atom. The van der Waals surface area contributed by atoms with Gasteiger partial charge >= 0.3 is 0 Å². The van der Waals surface area contributed by atoms with Crippen LogP contribution >= 0.6 is 0 Å². The number of aliphatic hydroxyl groups is 2. The molecule has 0 bridgehead atoms. The fourth-order valence-corrected chi connectivity index (χ4v) is 5.28. The number of ether oxygens (including phenoxy) is 2. The number of aromatic nitrogens is 1. The summed E-state index contributed by atoms with van der Waals surface area (Å²) in [4.78, 5) is 34.4. The van der Waals surface area contributed by atoms with Gasteiger partial charge in [-0.25, -0.2) is 4.98 Å². The number of rotatable bonds is 5. The number of amides is 2. The number of carbonyl (C=O) groups is 2. The van der Waals surface area contributed by atoms with Crippen LogP contribution in [0.25, 0.3) is 0 Å². The molecule has 0 aromatic carbocycles. The Hall–Kier alpha value is -2.67. The lowest BCUT2D eigenvalue weighted by Crippen LogP contribution is -2.51. The number of fused-ring (bicyclic) bond motifs is 1. The fraction of sp³-hybridized carbons (Fsp3) is 0.679. The van der Waals surface area contributed by atoms with Gasteiger partial charge in [0, 0.05) is 50.4 Å². The van der Waals surface area contributed by atoms with Crippen LogP contribution in [0.3, 0.4) is 0 Å². The third kappa shape index (κ3) is 6.43. The van der Waals surface area contributed by atoms with Crippen LogP contribution in [0.4, 0.5) is 0 Å². The highest BCUT2D eigenvalue weighted by molar-refractivity contribution is 5.97. The first-order chi connectivity index (χ1) is 17.7. The zero-order valence-corrected chi connectivity index (χ0v) is 22.1. The van der Waals surface area contributed by atoms with Crippen LogP contribution in [0.1, 0.15) is 68.3 Å². The fourth-order valence-electron chi connectivity index (χ4n) is 5.28. The van der Waals surface area contributed by atoms with Gasteiger partial charge in [0.2, 0.25) is 11.8 Å². The highest BCUT2D eigenvalue weighted by atomic mass is 16.5. The van der Waals surface area contributed by atoms with Crippen LogP contribution in [0.2, 0.25) is 0 Å². The van der Waals surface area contributed by atoms with Crippen LogP contribution in [-0.2, 0) is 9.53 Å². The molecule has 9 heteroatoms. The van der Waals surface area contributed by atoms with Crippen molar-refractivity contribution in [3.8, 4) is 17.7 Å². The maximum absolute atomic E-state index is 13.6.